The van der Waals surface area contributed by atoms with Crippen molar-refractivity contribution in [2.45, 2.75) is 6.04 Å². The van der Waals surface area contributed by atoms with Crippen LogP contribution in [0.5, 0.6) is 0 Å². The first kappa shape index (κ1) is 18.6. The predicted octanol–water partition coefficient (Wildman–Crippen LogP) is 1.83. The van der Waals surface area contributed by atoms with Gasteiger partial charge in [-0.15, -0.1) is 17.7 Å². The van der Waals surface area contributed by atoms with Crippen LogP contribution in [-0.2, 0) is 27.2 Å². The molecule has 1 heterocycles. The van der Waals surface area contributed by atoms with E-state index in [1.165, 1.54) is 0 Å². The van der Waals surface area contributed by atoms with Crippen molar-refractivity contribution in [1.29, 1.82) is 0 Å². The van der Waals surface area contributed by atoms with Gasteiger partial charge in [0.15, 0.2) is 6.04 Å². The Balaban J connectivity index is 0.00000225. The fourth-order valence-corrected chi connectivity index (χ4v) is 2.24. The summed E-state index contributed by atoms with van der Waals surface area (Å²) in [6.07, 6.45) is 2.68. The van der Waals surface area contributed by atoms with Gasteiger partial charge < -0.3 is 10.4 Å². The van der Waals surface area contributed by atoms with Crippen molar-refractivity contribution in [2.24, 2.45) is 0 Å². The number of H-pyrrole nitrogens is 1. The summed E-state index contributed by atoms with van der Waals surface area (Å²) in [5.74, 6) is -1.59. The van der Waals surface area contributed by atoms with E-state index < -0.39 is 17.9 Å². The van der Waals surface area contributed by atoms with Crippen molar-refractivity contribution in [2.75, 3.05) is 0 Å². The van der Waals surface area contributed by atoms with Crippen molar-refractivity contribution in [3.8, 4) is 11.3 Å². The van der Waals surface area contributed by atoms with Crippen LogP contribution in [0.15, 0.2) is 54.6 Å². The minimum atomic E-state index is -1.12. The van der Waals surface area contributed by atoms with Crippen LogP contribution >= 0.6 is 0 Å². The minimum Gasteiger partial charge on any atom is -0.479 e. The zero-order valence-electron chi connectivity index (χ0n) is 12.7. The molecular weight excluding hydrogens is 505 g/mol. The molecule has 0 aliphatic carbocycles. The molecule has 0 spiro atoms. The first-order chi connectivity index (χ1) is 11.6. The fraction of sp³-hybridized carbons (Fsp3) is 0.0588. The van der Waals surface area contributed by atoms with Crippen LogP contribution in [-0.4, -0.2) is 32.4 Å². The largest absolute Gasteiger partial charge is 1.00 e. The molecule has 1 amide bonds. The average molecular weight is 518 g/mol. The van der Waals surface area contributed by atoms with E-state index in [0.29, 0.717) is 16.8 Å². The van der Waals surface area contributed by atoms with E-state index in [2.05, 4.69) is 26.9 Å². The van der Waals surface area contributed by atoms with E-state index in [9.17, 15) is 14.7 Å². The monoisotopic (exact) mass is 518 g/mol. The van der Waals surface area contributed by atoms with Crippen molar-refractivity contribution < 1.29 is 37.1 Å². The number of hydrogen-bond acceptors (Lipinski definition) is 4. The van der Waals surface area contributed by atoms with Crippen LogP contribution in [0.1, 0.15) is 22.0 Å². The molecular formula is C17H13AuN4O3. The topological polar surface area (TPSA) is 108 Å². The second-order valence-electron chi connectivity index (χ2n) is 5.03. The van der Waals surface area contributed by atoms with Gasteiger partial charge in [0.25, 0.3) is 5.91 Å². The summed E-state index contributed by atoms with van der Waals surface area (Å²) < 4.78 is 0. The van der Waals surface area contributed by atoms with Gasteiger partial charge in [-0.3, -0.25) is 9.89 Å². The maximum atomic E-state index is 12.3. The molecule has 25 heavy (non-hydrogen) atoms. The predicted molar refractivity (Wildman–Crippen MR) is 84.9 cm³/mol. The third kappa shape index (κ3) is 4.42. The molecule has 8 heteroatoms. The van der Waals surface area contributed by atoms with E-state index >= 15 is 0 Å². The van der Waals surface area contributed by atoms with E-state index in [1.807, 2.05) is 0 Å². The quantitative estimate of drug-likeness (QED) is 0.353. The molecule has 0 bridgehead atoms. The van der Waals surface area contributed by atoms with Crippen LogP contribution in [0.2, 0.25) is 0 Å². The normalized spacial score (nSPS) is 11.2. The van der Waals surface area contributed by atoms with Gasteiger partial charge in [0.05, 0.1) is 0 Å². The number of carboxylic acids is 1. The van der Waals surface area contributed by atoms with E-state index in [1.54, 1.807) is 54.6 Å². The zero-order valence-corrected chi connectivity index (χ0v) is 14.9. The molecule has 0 unspecified atom stereocenters. The molecule has 3 N–H and O–H groups in total. The number of carbonyl (C=O) groups excluding carboxylic acids is 1. The summed E-state index contributed by atoms with van der Waals surface area (Å²) >= 11 is 0. The Morgan fingerprint density at radius 2 is 1.76 bits per heavy atom. The Bertz CT molecular complexity index is 836. The van der Waals surface area contributed by atoms with Crippen LogP contribution < -0.4 is 5.32 Å². The van der Waals surface area contributed by atoms with Crippen LogP contribution in [0, 0.1) is 6.20 Å². The fourth-order valence-electron chi connectivity index (χ4n) is 2.24. The van der Waals surface area contributed by atoms with Crippen molar-refractivity contribution in [3.63, 3.8) is 0 Å². The minimum absolute atomic E-state index is 0. The van der Waals surface area contributed by atoms with Crippen LogP contribution in [0.25, 0.3) is 11.3 Å². The number of carboxylic acid groups (broad SMARTS) is 1. The number of nitrogens with one attached hydrogen (secondary N) is 2. The Kier molecular flexibility index (Phi) is 6.24. The Labute approximate surface area is 159 Å². The second kappa shape index (κ2) is 8.39. The number of carbonyl (C=O) groups is 2. The third-order valence-electron chi connectivity index (χ3n) is 3.46. The Morgan fingerprint density at radius 3 is 2.32 bits per heavy atom. The first-order valence-corrected chi connectivity index (χ1v) is 7.13. The van der Waals surface area contributed by atoms with Crippen molar-refractivity contribution in [3.05, 3.63) is 71.9 Å². The van der Waals surface area contributed by atoms with Crippen molar-refractivity contribution >= 4 is 11.9 Å². The summed E-state index contributed by atoms with van der Waals surface area (Å²) in [5, 5.41) is 21.7. The number of aromatic nitrogens is 3. The van der Waals surface area contributed by atoms with E-state index in [0.717, 1.165) is 5.56 Å². The molecule has 130 valence electrons. The number of rotatable bonds is 5. The first-order valence-electron chi connectivity index (χ1n) is 7.13. The van der Waals surface area contributed by atoms with Gasteiger partial charge in [-0.25, -0.2) is 9.89 Å². The van der Waals surface area contributed by atoms with Gasteiger partial charge in [0.2, 0.25) is 0 Å². The molecule has 0 aliphatic heterocycles. The van der Waals surface area contributed by atoms with Gasteiger partial charge in [-0.05, 0) is 5.56 Å². The number of nitrogens with zero attached hydrogens (tertiary/aromatic N) is 2. The molecule has 2 aromatic carbocycles. The third-order valence-corrected chi connectivity index (χ3v) is 3.46. The number of hydrogen-bond donors (Lipinski definition) is 3. The smallest absolute Gasteiger partial charge is 0.479 e. The maximum absolute atomic E-state index is 12.3. The standard InChI is InChI=1S/C17H13N4O3.Au/c22-16(19-15(17(23)24)12-4-2-1-3-5-12)13-8-6-11(7-9-13)14-10-18-21-20-14;/h1-9,15H,(H,19,22)(H,23,24)(H,18,20,21);/q-1;+1/t15-;/m1./s1. The molecule has 0 fully saturated rings. The van der Waals surface area contributed by atoms with E-state index in [-0.39, 0.29) is 22.4 Å². The second-order valence-corrected chi connectivity index (χ2v) is 5.03. The molecule has 3 aromatic rings. The SMILES string of the molecule is O=C(N[C@@H](C(=O)O)c1ccccc1)c1ccc(-c2[c-]nn[nH]2)cc1.[Au+]. The molecule has 0 saturated carbocycles. The zero-order chi connectivity index (χ0) is 16.9. The molecule has 1 atom stereocenters. The Morgan fingerprint density at radius 1 is 1.08 bits per heavy atom. The summed E-state index contributed by atoms with van der Waals surface area (Å²) in [5.41, 5.74) is 2.24. The molecule has 1 aromatic heterocycles. The average Bonchev–Trinajstić information content (AvgIpc) is 3.15. The summed E-state index contributed by atoms with van der Waals surface area (Å²) in [6, 6.07) is 14.0. The number of benzene rings is 2. The Hall–Kier alpha value is -2.74. The molecule has 0 saturated heterocycles. The van der Waals surface area contributed by atoms with Gasteiger partial charge in [-0.1, -0.05) is 59.6 Å². The van der Waals surface area contributed by atoms with Gasteiger partial charge >= 0.3 is 28.3 Å². The van der Waals surface area contributed by atoms with E-state index in [4.69, 9.17) is 0 Å². The summed E-state index contributed by atoms with van der Waals surface area (Å²) in [7, 11) is 0. The summed E-state index contributed by atoms with van der Waals surface area (Å²) in [4.78, 5) is 23.8. The van der Waals surface area contributed by atoms with Crippen LogP contribution in [0.4, 0.5) is 0 Å². The van der Waals surface area contributed by atoms with Gasteiger partial charge in [-0.2, -0.15) is 0 Å². The van der Waals surface area contributed by atoms with Gasteiger partial charge in [0, 0.05) is 5.56 Å². The molecule has 3 rings (SSSR count). The number of aliphatic carboxylic acids is 1. The molecule has 7 nitrogen and oxygen atoms in total. The maximum Gasteiger partial charge on any atom is 1.00 e. The van der Waals surface area contributed by atoms with Crippen molar-refractivity contribution in [1.82, 2.24) is 20.7 Å². The molecule has 0 aliphatic rings. The number of amides is 1. The molecule has 0 radical (unpaired) electrons. The summed E-state index contributed by atoms with van der Waals surface area (Å²) in [6.45, 7) is 0. The van der Waals surface area contributed by atoms with Gasteiger partial charge in [0.1, 0.15) is 0 Å². The van der Waals surface area contributed by atoms with Crippen LogP contribution in [0.3, 0.4) is 0 Å². The number of aromatic amines is 1.